The van der Waals surface area contributed by atoms with Crippen molar-refractivity contribution in [2.45, 2.75) is 20.8 Å². The van der Waals surface area contributed by atoms with E-state index in [1.165, 1.54) is 0 Å². The van der Waals surface area contributed by atoms with E-state index in [0.29, 0.717) is 0 Å². The van der Waals surface area contributed by atoms with Gasteiger partial charge in [-0.25, -0.2) is 0 Å². The molecule has 0 atom stereocenters. The Hall–Kier alpha value is -1.97. The lowest BCUT2D eigenvalue weighted by molar-refractivity contribution is 0.0802. The molecule has 0 spiro atoms. The molecule has 0 N–H and O–H groups in total. The van der Waals surface area contributed by atoms with E-state index in [-0.39, 0.29) is 5.91 Å². The van der Waals surface area contributed by atoms with Crippen molar-refractivity contribution >= 4 is 16.8 Å². The molecule has 2 rings (SSSR count). The molecule has 0 radical (unpaired) electrons. The van der Waals surface area contributed by atoms with Crippen LogP contribution in [0.25, 0.3) is 10.9 Å². The van der Waals surface area contributed by atoms with Crippen LogP contribution < -0.4 is 5.01 Å². The second kappa shape index (κ2) is 5.99. The fraction of sp³-hybridized carbons (Fsp3) is 0.438. The average Bonchev–Trinajstić information content (AvgIpc) is 2.90. The molecule has 0 fully saturated rings. The normalized spacial score (nSPS) is 10.8. The van der Waals surface area contributed by atoms with Crippen molar-refractivity contribution in [3.8, 4) is 0 Å². The summed E-state index contributed by atoms with van der Waals surface area (Å²) < 4.78 is 2.16. The Labute approximate surface area is 120 Å². The highest BCUT2D eigenvalue weighted by molar-refractivity contribution is 5.98. The number of hydrogen-bond acceptors (Lipinski definition) is 2. The molecule has 0 saturated heterocycles. The van der Waals surface area contributed by atoms with E-state index in [2.05, 4.69) is 35.8 Å². The zero-order valence-corrected chi connectivity index (χ0v) is 12.8. The summed E-state index contributed by atoms with van der Waals surface area (Å²) in [6.07, 6.45) is 2.06. The van der Waals surface area contributed by atoms with Gasteiger partial charge in [-0.15, -0.1) is 0 Å². The van der Waals surface area contributed by atoms with Crippen LogP contribution in [0, 0.1) is 0 Å². The number of amides is 1. The highest BCUT2D eigenvalue weighted by Crippen LogP contribution is 2.19. The lowest BCUT2D eigenvalue weighted by atomic mass is 10.1. The van der Waals surface area contributed by atoms with Gasteiger partial charge in [0.1, 0.15) is 0 Å². The second-order valence-corrected chi connectivity index (χ2v) is 4.89. The number of nitrogens with zero attached hydrogens (tertiary/aromatic N) is 3. The fourth-order valence-electron chi connectivity index (χ4n) is 2.40. The summed E-state index contributed by atoms with van der Waals surface area (Å²) in [4.78, 5) is 13.9. The van der Waals surface area contributed by atoms with E-state index >= 15 is 0 Å². The van der Waals surface area contributed by atoms with E-state index < -0.39 is 0 Å². The standard InChI is InChI=1S/C16H23N3O/c1-5-17(4)16(20)14-8-9-15-13(12-14)10-11-19(15)18(6-2)7-3/h8-12H,5-7H2,1-4H3. The van der Waals surface area contributed by atoms with Crippen molar-refractivity contribution in [1.29, 1.82) is 0 Å². The van der Waals surface area contributed by atoms with Gasteiger partial charge in [-0.05, 0) is 45.0 Å². The predicted octanol–water partition coefficient (Wildman–Crippen LogP) is 2.71. The van der Waals surface area contributed by atoms with E-state index in [9.17, 15) is 4.79 Å². The number of carbonyl (C=O) groups excluding carboxylic acids is 1. The second-order valence-electron chi connectivity index (χ2n) is 4.89. The van der Waals surface area contributed by atoms with E-state index in [4.69, 9.17) is 0 Å². The van der Waals surface area contributed by atoms with Gasteiger partial charge >= 0.3 is 0 Å². The summed E-state index contributed by atoms with van der Waals surface area (Å²) in [7, 11) is 1.83. The van der Waals surface area contributed by atoms with Gasteiger partial charge in [-0.1, -0.05) is 0 Å². The van der Waals surface area contributed by atoms with Crippen LogP contribution in [0.4, 0.5) is 0 Å². The quantitative estimate of drug-likeness (QED) is 0.838. The predicted molar refractivity (Wildman–Crippen MR) is 83.9 cm³/mol. The highest BCUT2D eigenvalue weighted by Gasteiger charge is 2.12. The van der Waals surface area contributed by atoms with Crippen LogP contribution in [-0.2, 0) is 0 Å². The third-order valence-corrected chi connectivity index (χ3v) is 3.77. The summed E-state index contributed by atoms with van der Waals surface area (Å²) >= 11 is 0. The molecule has 0 saturated carbocycles. The molecule has 0 aliphatic rings. The van der Waals surface area contributed by atoms with Crippen molar-refractivity contribution < 1.29 is 4.79 Å². The van der Waals surface area contributed by atoms with Gasteiger partial charge < -0.3 is 9.91 Å². The molecule has 2 aromatic rings. The summed E-state index contributed by atoms with van der Waals surface area (Å²) in [5.74, 6) is 0.0741. The molecule has 1 aromatic heterocycles. The van der Waals surface area contributed by atoms with E-state index in [0.717, 1.165) is 36.1 Å². The molecule has 0 bridgehead atoms. The molecule has 1 aromatic carbocycles. The monoisotopic (exact) mass is 273 g/mol. The maximum absolute atomic E-state index is 12.2. The molecule has 108 valence electrons. The summed E-state index contributed by atoms with van der Waals surface area (Å²) in [5, 5.41) is 3.36. The van der Waals surface area contributed by atoms with E-state index in [1.807, 2.05) is 32.2 Å². The largest absolute Gasteiger partial charge is 0.342 e. The molecular formula is C16H23N3O. The Bertz CT molecular complexity index is 599. The van der Waals surface area contributed by atoms with Crippen LogP contribution in [0.1, 0.15) is 31.1 Å². The average molecular weight is 273 g/mol. The third kappa shape index (κ3) is 2.50. The minimum absolute atomic E-state index is 0.0741. The maximum Gasteiger partial charge on any atom is 0.253 e. The number of carbonyl (C=O) groups is 1. The number of hydrogen-bond donors (Lipinski definition) is 0. The molecule has 20 heavy (non-hydrogen) atoms. The summed E-state index contributed by atoms with van der Waals surface area (Å²) in [6, 6.07) is 7.99. The van der Waals surface area contributed by atoms with Crippen molar-refractivity contribution in [3.63, 3.8) is 0 Å². The Kier molecular flexibility index (Phi) is 4.32. The molecule has 4 heteroatoms. The minimum Gasteiger partial charge on any atom is -0.342 e. The summed E-state index contributed by atoms with van der Waals surface area (Å²) in [5.41, 5.74) is 1.89. The highest BCUT2D eigenvalue weighted by atomic mass is 16.2. The molecule has 0 aliphatic heterocycles. The minimum atomic E-state index is 0.0741. The van der Waals surface area contributed by atoms with Crippen LogP contribution in [-0.4, -0.2) is 42.2 Å². The molecule has 0 unspecified atom stereocenters. The number of benzene rings is 1. The first-order valence-electron chi connectivity index (χ1n) is 7.24. The Morgan fingerprint density at radius 3 is 2.40 bits per heavy atom. The van der Waals surface area contributed by atoms with Gasteiger partial charge in [-0.2, -0.15) is 0 Å². The lowest BCUT2D eigenvalue weighted by Gasteiger charge is -2.23. The number of rotatable bonds is 5. The Morgan fingerprint density at radius 1 is 1.10 bits per heavy atom. The van der Waals surface area contributed by atoms with Crippen molar-refractivity contribution in [1.82, 2.24) is 9.58 Å². The van der Waals surface area contributed by atoms with Crippen molar-refractivity contribution in [2.75, 3.05) is 31.7 Å². The molecule has 4 nitrogen and oxygen atoms in total. The first-order valence-corrected chi connectivity index (χ1v) is 7.24. The summed E-state index contributed by atoms with van der Waals surface area (Å²) in [6.45, 7) is 8.90. The van der Waals surface area contributed by atoms with Crippen LogP contribution >= 0.6 is 0 Å². The number of fused-ring (bicyclic) bond motifs is 1. The molecule has 0 aliphatic carbocycles. The number of aromatic nitrogens is 1. The fourth-order valence-corrected chi connectivity index (χ4v) is 2.40. The van der Waals surface area contributed by atoms with Gasteiger partial charge in [0, 0.05) is 43.8 Å². The van der Waals surface area contributed by atoms with Crippen LogP contribution in [0.15, 0.2) is 30.5 Å². The topological polar surface area (TPSA) is 28.5 Å². The first-order chi connectivity index (χ1) is 9.62. The Morgan fingerprint density at radius 2 is 1.80 bits per heavy atom. The maximum atomic E-state index is 12.2. The molecule has 1 heterocycles. The molecule has 1 amide bonds. The van der Waals surface area contributed by atoms with Gasteiger partial charge in [0.15, 0.2) is 0 Å². The van der Waals surface area contributed by atoms with Gasteiger partial charge in [0.25, 0.3) is 5.91 Å². The van der Waals surface area contributed by atoms with Crippen molar-refractivity contribution in [2.24, 2.45) is 0 Å². The zero-order valence-electron chi connectivity index (χ0n) is 12.8. The van der Waals surface area contributed by atoms with Gasteiger partial charge in [-0.3, -0.25) is 9.47 Å². The SMILES string of the molecule is CCN(C)C(=O)c1ccc2c(ccn2N(CC)CC)c1. The van der Waals surface area contributed by atoms with Crippen molar-refractivity contribution in [3.05, 3.63) is 36.0 Å². The Balaban J connectivity index is 2.40. The lowest BCUT2D eigenvalue weighted by Crippen LogP contribution is -2.33. The van der Waals surface area contributed by atoms with Gasteiger partial charge in [0.2, 0.25) is 0 Å². The van der Waals surface area contributed by atoms with E-state index in [1.54, 1.807) is 4.90 Å². The smallest absolute Gasteiger partial charge is 0.253 e. The first kappa shape index (κ1) is 14.4. The van der Waals surface area contributed by atoms with Crippen LogP contribution in [0.5, 0.6) is 0 Å². The van der Waals surface area contributed by atoms with Crippen LogP contribution in [0.2, 0.25) is 0 Å². The van der Waals surface area contributed by atoms with Crippen LogP contribution in [0.3, 0.4) is 0 Å². The molecular weight excluding hydrogens is 250 g/mol. The third-order valence-electron chi connectivity index (χ3n) is 3.77. The van der Waals surface area contributed by atoms with Gasteiger partial charge in [0.05, 0.1) is 5.52 Å². The zero-order chi connectivity index (χ0) is 14.7.